The summed E-state index contributed by atoms with van der Waals surface area (Å²) in [7, 11) is 0. The maximum atomic E-state index is 12.1. The zero-order chi connectivity index (χ0) is 14.5. The smallest absolute Gasteiger partial charge is 0.416 e. The van der Waals surface area contributed by atoms with Gasteiger partial charge in [0, 0.05) is 12.2 Å². The van der Waals surface area contributed by atoms with E-state index in [4.69, 9.17) is 9.84 Å². The summed E-state index contributed by atoms with van der Waals surface area (Å²) in [6.45, 7) is 3.60. The predicted octanol–water partition coefficient (Wildman–Crippen LogP) is 2.46. The number of carbonyl (C=O) groups is 2. The topological polar surface area (TPSA) is 79.7 Å². The molecule has 1 aliphatic rings. The molecule has 0 bridgehead atoms. The molecule has 1 aliphatic carbocycles. The van der Waals surface area contributed by atoms with Crippen molar-refractivity contribution < 1.29 is 19.4 Å². The van der Waals surface area contributed by atoms with Crippen LogP contribution in [0.1, 0.15) is 29.6 Å². The third-order valence-corrected chi connectivity index (χ3v) is 3.20. The second-order valence-corrected chi connectivity index (χ2v) is 4.53. The molecule has 1 aromatic rings. The van der Waals surface area contributed by atoms with Gasteiger partial charge in [-0.15, -0.1) is 0 Å². The van der Waals surface area contributed by atoms with Gasteiger partial charge < -0.3 is 9.84 Å². The quantitative estimate of drug-likeness (QED) is 0.836. The van der Waals surface area contributed by atoms with E-state index in [0.29, 0.717) is 5.82 Å². The van der Waals surface area contributed by atoms with Crippen LogP contribution in [0.25, 0.3) is 0 Å². The number of rotatable bonds is 5. The maximum absolute atomic E-state index is 12.1. The molecule has 0 saturated heterocycles. The largest absolute Gasteiger partial charge is 0.478 e. The number of hydrogen-bond acceptors (Lipinski definition) is 4. The molecule has 106 valence electrons. The first-order chi connectivity index (χ1) is 9.63. The molecule has 6 nitrogen and oxygen atoms in total. The van der Waals surface area contributed by atoms with Crippen LogP contribution in [0.2, 0.25) is 0 Å². The minimum absolute atomic E-state index is 0.0175. The molecule has 1 amide bonds. The Morgan fingerprint density at radius 3 is 2.85 bits per heavy atom. The SMILES string of the molecule is C=CCOC(=O)N(c1cc(C(=O)O)ccn1)C1CCC1. The molecule has 0 aromatic carbocycles. The van der Waals surface area contributed by atoms with Gasteiger partial charge in [0.2, 0.25) is 0 Å². The number of aromatic nitrogens is 1. The molecule has 1 saturated carbocycles. The van der Waals surface area contributed by atoms with Crippen molar-refractivity contribution in [2.75, 3.05) is 11.5 Å². The standard InChI is InChI=1S/C14H16N2O4/c1-2-8-20-14(19)16(11-4-3-5-11)12-9-10(13(17)18)6-7-15-12/h2,6-7,9,11H,1,3-5,8H2,(H,17,18). The van der Waals surface area contributed by atoms with Gasteiger partial charge in [-0.2, -0.15) is 0 Å². The Morgan fingerprint density at radius 2 is 2.30 bits per heavy atom. The third-order valence-electron chi connectivity index (χ3n) is 3.20. The lowest BCUT2D eigenvalue weighted by atomic mass is 9.91. The van der Waals surface area contributed by atoms with Crippen LogP contribution in [-0.4, -0.2) is 34.8 Å². The molecule has 0 unspecified atom stereocenters. The number of carboxylic acid groups (broad SMARTS) is 1. The second-order valence-electron chi connectivity index (χ2n) is 4.53. The number of pyridine rings is 1. The molecular formula is C14H16N2O4. The van der Waals surface area contributed by atoms with Gasteiger partial charge in [0.1, 0.15) is 12.4 Å². The summed E-state index contributed by atoms with van der Waals surface area (Å²) in [5.74, 6) is -0.745. The van der Waals surface area contributed by atoms with Crippen molar-refractivity contribution in [3.05, 3.63) is 36.5 Å². The molecule has 0 atom stereocenters. The summed E-state index contributed by atoms with van der Waals surface area (Å²) < 4.78 is 5.05. The van der Waals surface area contributed by atoms with Crippen molar-refractivity contribution in [3.8, 4) is 0 Å². The van der Waals surface area contributed by atoms with E-state index < -0.39 is 12.1 Å². The fourth-order valence-electron chi connectivity index (χ4n) is 1.96. The van der Waals surface area contributed by atoms with Gasteiger partial charge in [0.25, 0.3) is 0 Å². The number of anilines is 1. The minimum atomic E-state index is -1.05. The zero-order valence-electron chi connectivity index (χ0n) is 11.0. The summed E-state index contributed by atoms with van der Waals surface area (Å²) >= 11 is 0. The van der Waals surface area contributed by atoms with Crippen LogP contribution in [0.15, 0.2) is 31.0 Å². The molecule has 2 rings (SSSR count). The summed E-state index contributed by atoms with van der Waals surface area (Å²) in [5, 5.41) is 9.01. The molecule has 1 fully saturated rings. The summed E-state index contributed by atoms with van der Waals surface area (Å²) in [6, 6.07) is 2.79. The number of carboxylic acids is 1. The Kier molecular flexibility index (Phi) is 4.34. The van der Waals surface area contributed by atoms with Gasteiger partial charge in [-0.25, -0.2) is 14.6 Å². The van der Waals surface area contributed by atoms with E-state index in [-0.39, 0.29) is 18.2 Å². The van der Waals surface area contributed by atoms with Crippen LogP contribution in [0, 0.1) is 0 Å². The average Bonchev–Trinajstić information content (AvgIpc) is 2.40. The Morgan fingerprint density at radius 1 is 1.55 bits per heavy atom. The van der Waals surface area contributed by atoms with Crippen molar-refractivity contribution in [3.63, 3.8) is 0 Å². The van der Waals surface area contributed by atoms with Crippen LogP contribution < -0.4 is 4.90 Å². The van der Waals surface area contributed by atoms with E-state index in [9.17, 15) is 9.59 Å². The van der Waals surface area contributed by atoms with E-state index in [1.54, 1.807) is 0 Å². The lowest BCUT2D eigenvalue weighted by Crippen LogP contribution is -2.45. The number of ether oxygens (including phenoxy) is 1. The molecule has 0 radical (unpaired) electrons. The first-order valence-electron chi connectivity index (χ1n) is 6.39. The molecule has 0 aliphatic heterocycles. The van der Waals surface area contributed by atoms with E-state index in [1.165, 1.54) is 29.3 Å². The highest BCUT2D eigenvalue weighted by Crippen LogP contribution is 2.29. The fourth-order valence-corrected chi connectivity index (χ4v) is 1.96. The van der Waals surface area contributed by atoms with Crippen molar-refractivity contribution >= 4 is 17.9 Å². The first-order valence-corrected chi connectivity index (χ1v) is 6.39. The van der Waals surface area contributed by atoms with Crippen molar-refractivity contribution in [2.24, 2.45) is 0 Å². The van der Waals surface area contributed by atoms with Gasteiger partial charge >= 0.3 is 12.1 Å². The number of carbonyl (C=O) groups excluding carboxylic acids is 1. The lowest BCUT2D eigenvalue weighted by Gasteiger charge is -2.35. The highest BCUT2D eigenvalue weighted by Gasteiger charge is 2.32. The van der Waals surface area contributed by atoms with E-state index in [0.717, 1.165) is 19.3 Å². The summed E-state index contributed by atoms with van der Waals surface area (Å²) in [4.78, 5) is 28.6. The molecule has 6 heteroatoms. The summed E-state index contributed by atoms with van der Waals surface area (Å²) in [6.07, 6.45) is 5.10. The molecule has 20 heavy (non-hydrogen) atoms. The van der Waals surface area contributed by atoms with Crippen LogP contribution in [0.4, 0.5) is 10.6 Å². The van der Waals surface area contributed by atoms with Crippen molar-refractivity contribution in [1.82, 2.24) is 4.98 Å². The highest BCUT2D eigenvalue weighted by atomic mass is 16.6. The molecule has 1 N–H and O–H groups in total. The number of nitrogens with zero attached hydrogens (tertiary/aromatic N) is 2. The van der Waals surface area contributed by atoms with E-state index in [2.05, 4.69) is 11.6 Å². The Balaban J connectivity index is 2.25. The molecule has 1 heterocycles. The van der Waals surface area contributed by atoms with E-state index in [1.807, 2.05) is 0 Å². The lowest BCUT2D eigenvalue weighted by molar-refractivity contribution is 0.0696. The van der Waals surface area contributed by atoms with Gasteiger partial charge in [-0.3, -0.25) is 4.90 Å². The average molecular weight is 276 g/mol. The molecule has 1 aromatic heterocycles. The Hall–Kier alpha value is -2.37. The van der Waals surface area contributed by atoms with Gasteiger partial charge in [0.15, 0.2) is 0 Å². The zero-order valence-corrected chi connectivity index (χ0v) is 11.0. The number of amides is 1. The summed E-state index contributed by atoms with van der Waals surface area (Å²) in [5.41, 5.74) is 0.0934. The van der Waals surface area contributed by atoms with Crippen LogP contribution in [-0.2, 0) is 4.74 Å². The first kappa shape index (κ1) is 14.0. The third kappa shape index (κ3) is 2.96. The minimum Gasteiger partial charge on any atom is -0.478 e. The highest BCUT2D eigenvalue weighted by molar-refractivity contribution is 5.91. The van der Waals surface area contributed by atoms with Gasteiger partial charge in [-0.05, 0) is 31.4 Å². The van der Waals surface area contributed by atoms with Crippen LogP contribution in [0.5, 0.6) is 0 Å². The second kappa shape index (κ2) is 6.18. The monoisotopic (exact) mass is 276 g/mol. The van der Waals surface area contributed by atoms with E-state index >= 15 is 0 Å². The number of hydrogen-bond donors (Lipinski definition) is 1. The number of aromatic carboxylic acids is 1. The van der Waals surface area contributed by atoms with Crippen molar-refractivity contribution in [1.29, 1.82) is 0 Å². The fraction of sp³-hybridized carbons (Fsp3) is 0.357. The van der Waals surface area contributed by atoms with Crippen molar-refractivity contribution in [2.45, 2.75) is 25.3 Å². The predicted molar refractivity (Wildman–Crippen MR) is 72.9 cm³/mol. The molecular weight excluding hydrogens is 260 g/mol. The van der Waals surface area contributed by atoms with Gasteiger partial charge in [-0.1, -0.05) is 12.7 Å². The Bertz CT molecular complexity index is 526. The molecule has 0 spiro atoms. The van der Waals surface area contributed by atoms with Crippen LogP contribution in [0.3, 0.4) is 0 Å². The van der Waals surface area contributed by atoms with Gasteiger partial charge in [0.05, 0.1) is 5.56 Å². The maximum Gasteiger partial charge on any atom is 0.416 e. The Labute approximate surface area is 116 Å². The van der Waals surface area contributed by atoms with Crippen LogP contribution >= 0.6 is 0 Å². The normalized spacial score (nSPS) is 14.2.